The van der Waals surface area contributed by atoms with Crippen molar-refractivity contribution in [2.75, 3.05) is 6.61 Å². The number of nitrogens with zero attached hydrogens (tertiary/aromatic N) is 1. The zero-order chi connectivity index (χ0) is 26.9. The van der Waals surface area contributed by atoms with Crippen LogP contribution in [-0.2, 0) is 22.6 Å². The van der Waals surface area contributed by atoms with Crippen LogP contribution in [0.1, 0.15) is 42.5 Å². The van der Waals surface area contributed by atoms with E-state index in [0.717, 1.165) is 23.1 Å². The van der Waals surface area contributed by atoms with Gasteiger partial charge in [0, 0.05) is 34.6 Å². The van der Waals surface area contributed by atoms with Crippen molar-refractivity contribution >= 4 is 35.0 Å². The van der Waals surface area contributed by atoms with Gasteiger partial charge in [-0.1, -0.05) is 72.6 Å². The van der Waals surface area contributed by atoms with Crippen LogP contribution in [0, 0.1) is 13.8 Å². The lowest BCUT2D eigenvalue weighted by molar-refractivity contribution is -0.143. The third kappa shape index (κ3) is 7.98. The fraction of sp³-hybridized carbons (Fsp3) is 0.333. The minimum absolute atomic E-state index is 0.0431. The second-order valence-corrected chi connectivity index (χ2v) is 10.1. The van der Waals surface area contributed by atoms with Crippen LogP contribution in [0.5, 0.6) is 5.75 Å². The molecular formula is C30H34Cl2N2O3. The molecule has 0 aromatic heterocycles. The smallest absolute Gasteiger partial charge is 0.261 e. The zero-order valence-electron chi connectivity index (χ0n) is 21.8. The lowest BCUT2D eigenvalue weighted by atomic mass is 10.0. The first-order chi connectivity index (χ1) is 17.7. The van der Waals surface area contributed by atoms with Crippen LogP contribution in [0.2, 0.25) is 10.0 Å². The first-order valence-corrected chi connectivity index (χ1v) is 13.2. The summed E-state index contributed by atoms with van der Waals surface area (Å²) in [6.45, 7) is 7.79. The molecule has 7 heteroatoms. The fourth-order valence-corrected chi connectivity index (χ4v) is 4.40. The average Bonchev–Trinajstić information content (AvgIpc) is 2.88. The molecule has 5 nitrogen and oxygen atoms in total. The summed E-state index contributed by atoms with van der Waals surface area (Å²) in [5.74, 6) is 0.0196. The number of aryl methyl sites for hydroxylation is 2. The molecule has 0 bridgehead atoms. The van der Waals surface area contributed by atoms with Gasteiger partial charge in [0.1, 0.15) is 11.8 Å². The molecule has 0 fully saturated rings. The second-order valence-electron chi connectivity index (χ2n) is 9.28. The Morgan fingerprint density at radius 3 is 2.24 bits per heavy atom. The van der Waals surface area contributed by atoms with E-state index >= 15 is 0 Å². The van der Waals surface area contributed by atoms with Gasteiger partial charge in [0.05, 0.1) is 0 Å². The SMILES string of the molecule is CCC(C)NC(=O)C(Cc1ccccc1)N(Cc1c(Cl)cccc1Cl)C(=O)COc1ccc(C)c(C)c1. The van der Waals surface area contributed by atoms with E-state index in [-0.39, 0.29) is 31.0 Å². The Labute approximate surface area is 229 Å². The van der Waals surface area contributed by atoms with Crippen LogP contribution >= 0.6 is 23.2 Å². The lowest BCUT2D eigenvalue weighted by Gasteiger charge is -2.32. The van der Waals surface area contributed by atoms with Crippen molar-refractivity contribution in [3.05, 3.63) is 99.0 Å². The highest BCUT2D eigenvalue weighted by Crippen LogP contribution is 2.27. The number of carbonyl (C=O) groups is 2. The molecule has 2 unspecified atom stereocenters. The first-order valence-electron chi connectivity index (χ1n) is 12.5. The number of rotatable bonds is 11. The van der Waals surface area contributed by atoms with E-state index < -0.39 is 6.04 Å². The molecule has 0 heterocycles. The van der Waals surface area contributed by atoms with E-state index in [0.29, 0.717) is 27.8 Å². The molecule has 0 saturated heterocycles. The molecule has 3 rings (SSSR count). The van der Waals surface area contributed by atoms with E-state index in [2.05, 4.69) is 5.32 Å². The highest BCUT2D eigenvalue weighted by molar-refractivity contribution is 6.36. The van der Waals surface area contributed by atoms with Gasteiger partial charge in [-0.3, -0.25) is 9.59 Å². The van der Waals surface area contributed by atoms with E-state index in [1.54, 1.807) is 18.2 Å². The van der Waals surface area contributed by atoms with E-state index in [9.17, 15) is 9.59 Å². The van der Waals surface area contributed by atoms with E-state index in [1.165, 1.54) is 4.90 Å². The van der Waals surface area contributed by atoms with Crippen molar-refractivity contribution in [1.29, 1.82) is 0 Å². The molecule has 3 aromatic rings. The summed E-state index contributed by atoms with van der Waals surface area (Å²) in [6.07, 6.45) is 1.10. The van der Waals surface area contributed by atoms with Crippen LogP contribution in [0.25, 0.3) is 0 Å². The monoisotopic (exact) mass is 540 g/mol. The van der Waals surface area contributed by atoms with Crippen molar-refractivity contribution in [1.82, 2.24) is 10.2 Å². The fourth-order valence-electron chi connectivity index (χ4n) is 3.88. The third-order valence-corrected chi connectivity index (χ3v) is 7.21. The van der Waals surface area contributed by atoms with Crippen LogP contribution in [0.3, 0.4) is 0 Å². The number of ether oxygens (including phenoxy) is 1. The Bertz CT molecular complexity index is 1200. The summed E-state index contributed by atoms with van der Waals surface area (Å²) in [4.78, 5) is 28.8. The van der Waals surface area contributed by atoms with Crippen LogP contribution in [0.15, 0.2) is 66.7 Å². The van der Waals surface area contributed by atoms with E-state index in [1.807, 2.05) is 76.2 Å². The summed E-state index contributed by atoms with van der Waals surface area (Å²) in [6, 6.07) is 19.7. The lowest BCUT2D eigenvalue weighted by Crippen LogP contribution is -2.53. The summed E-state index contributed by atoms with van der Waals surface area (Å²) >= 11 is 13.0. The molecule has 0 spiro atoms. The predicted molar refractivity (Wildman–Crippen MR) is 150 cm³/mol. The van der Waals surface area contributed by atoms with Gasteiger partial charge in [-0.25, -0.2) is 0 Å². The van der Waals surface area contributed by atoms with Crippen LogP contribution in [0.4, 0.5) is 0 Å². The second kappa shape index (κ2) is 13.5. The van der Waals surface area contributed by atoms with Crippen LogP contribution in [-0.4, -0.2) is 35.4 Å². The molecule has 0 radical (unpaired) electrons. The predicted octanol–water partition coefficient (Wildman–Crippen LogP) is 6.54. The third-order valence-electron chi connectivity index (χ3n) is 6.50. The Balaban J connectivity index is 1.96. The average molecular weight is 542 g/mol. The number of amides is 2. The van der Waals surface area contributed by atoms with E-state index in [4.69, 9.17) is 27.9 Å². The summed E-state index contributed by atoms with van der Waals surface area (Å²) in [5.41, 5.74) is 3.72. The quantitative estimate of drug-likeness (QED) is 0.300. The van der Waals surface area contributed by atoms with Crippen molar-refractivity contribution in [3.8, 4) is 5.75 Å². The molecule has 0 aliphatic rings. The zero-order valence-corrected chi connectivity index (χ0v) is 23.3. The Morgan fingerprint density at radius 1 is 0.946 bits per heavy atom. The Morgan fingerprint density at radius 2 is 1.62 bits per heavy atom. The molecule has 2 atom stereocenters. The van der Waals surface area contributed by atoms with Gasteiger partial charge in [0.2, 0.25) is 5.91 Å². The molecule has 0 aliphatic heterocycles. The maximum absolute atomic E-state index is 13.7. The largest absolute Gasteiger partial charge is 0.484 e. The van der Waals surface area contributed by atoms with Crippen molar-refractivity contribution in [3.63, 3.8) is 0 Å². The maximum atomic E-state index is 13.7. The first kappa shape index (κ1) is 28.5. The molecule has 0 aliphatic carbocycles. The number of benzene rings is 3. The minimum atomic E-state index is -0.792. The topological polar surface area (TPSA) is 58.6 Å². The Kier molecular flexibility index (Phi) is 10.4. The molecule has 37 heavy (non-hydrogen) atoms. The standard InChI is InChI=1S/C30H34Cl2N2O3/c1-5-22(4)33-30(36)28(17-23-10-7-6-8-11-23)34(18-25-26(31)12-9-13-27(25)32)29(35)19-37-24-15-14-20(2)21(3)16-24/h6-16,22,28H,5,17-19H2,1-4H3,(H,33,36). The number of nitrogens with one attached hydrogen (secondary N) is 1. The van der Waals surface area contributed by atoms with Gasteiger partial charge in [0.25, 0.3) is 5.91 Å². The van der Waals surface area contributed by atoms with Crippen LogP contribution < -0.4 is 10.1 Å². The molecule has 2 amide bonds. The molecule has 0 saturated carbocycles. The van der Waals surface area contributed by atoms with Gasteiger partial charge in [-0.2, -0.15) is 0 Å². The Hall–Kier alpha value is -3.02. The number of hydrogen-bond donors (Lipinski definition) is 1. The van der Waals surface area contributed by atoms with Crippen molar-refractivity contribution < 1.29 is 14.3 Å². The highest BCUT2D eigenvalue weighted by atomic mass is 35.5. The summed E-state index contributed by atoms with van der Waals surface area (Å²) < 4.78 is 5.88. The maximum Gasteiger partial charge on any atom is 0.261 e. The molecule has 196 valence electrons. The van der Waals surface area contributed by atoms with Crippen molar-refractivity contribution in [2.24, 2.45) is 0 Å². The van der Waals surface area contributed by atoms with Gasteiger partial charge < -0.3 is 15.0 Å². The molecular weight excluding hydrogens is 507 g/mol. The van der Waals surface area contributed by atoms with Gasteiger partial charge in [-0.05, 0) is 68.1 Å². The normalized spacial score (nSPS) is 12.5. The van der Waals surface area contributed by atoms with Gasteiger partial charge in [0.15, 0.2) is 6.61 Å². The minimum Gasteiger partial charge on any atom is -0.484 e. The van der Waals surface area contributed by atoms with Crippen molar-refractivity contribution in [2.45, 2.75) is 59.2 Å². The van der Waals surface area contributed by atoms with Gasteiger partial charge >= 0.3 is 0 Å². The number of carbonyl (C=O) groups excluding carboxylic acids is 2. The van der Waals surface area contributed by atoms with Gasteiger partial charge in [-0.15, -0.1) is 0 Å². The number of hydrogen-bond acceptors (Lipinski definition) is 3. The highest BCUT2D eigenvalue weighted by Gasteiger charge is 2.32. The molecule has 3 aromatic carbocycles. The molecule has 1 N–H and O–H groups in total. The number of halogens is 2. The summed E-state index contributed by atoms with van der Waals surface area (Å²) in [5, 5.41) is 3.91. The summed E-state index contributed by atoms with van der Waals surface area (Å²) in [7, 11) is 0.